The monoisotopic (exact) mass is 225 g/mol. The number of hydrazone groups is 1. The van der Waals surface area contributed by atoms with Crippen LogP contribution < -0.4 is 5.32 Å². The van der Waals surface area contributed by atoms with Crippen molar-refractivity contribution >= 4 is 23.8 Å². The third kappa shape index (κ3) is 3.59. The molecule has 0 unspecified atom stereocenters. The fourth-order valence-corrected chi connectivity index (χ4v) is 1.15. The number of carbonyl (C=O) groups is 1. The van der Waals surface area contributed by atoms with Crippen molar-refractivity contribution in [3.05, 3.63) is 34.9 Å². The summed E-state index contributed by atoms with van der Waals surface area (Å²) < 4.78 is 0. The van der Waals surface area contributed by atoms with Crippen molar-refractivity contribution in [1.29, 1.82) is 0 Å². The molecule has 0 atom stereocenters. The smallest absolute Gasteiger partial charge is 0.337 e. The van der Waals surface area contributed by atoms with Crippen LogP contribution >= 0.6 is 11.6 Å². The molecule has 0 heterocycles. The van der Waals surface area contributed by atoms with Crippen LogP contribution in [-0.2, 0) is 0 Å². The second-order valence-electron chi connectivity index (χ2n) is 2.88. The second-order valence-corrected chi connectivity index (χ2v) is 3.31. The van der Waals surface area contributed by atoms with Gasteiger partial charge in [0, 0.05) is 19.1 Å². The number of nitrogens with one attached hydrogen (secondary N) is 1. The average molecular weight is 226 g/mol. The van der Waals surface area contributed by atoms with E-state index in [1.54, 1.807) is 32.4 Å². The summed E-state index contributed by atoms with van der Waals surface area (Å²) in [6, 6.07) is 6.95. The molecule has 0 bridgehead atoms. The number of urea groups is 1. The van der Waals surface area contributed by atoms with Gasteiger partial charge in [0.15, 0.2) is 0 Å². The summed E-state index contributed by atoms with van der Waals surface area (Å²) >= 11 is 5.80. The first-order chi connectivity index (χ1) is 7.13. The maximum absolute atomic E-state index is 11.1. The Hall–Kier alpha value is -1.55. The predicted molar refractivity (Wildman–Crippen MR) is 61.3 cm³/mol. The molecule has 1 aromatic carbocycles. The molecule has 0 spiro atoms. The Balaban J connectivity index is 2.69. The number of hydrogen-bond acceptors (Lipinski definition) is 2. The zero-order chi connectivity index (χ0) is 11.3. The minimum absolute atomic E-state index is 0.270. The number of amides is 2. The normalized spacial score (nSPS) is 10.3. The fraction of sp³-hybridized carbons (Fsp3) is 0.200. The van der Waals surface area contributed by atoms with E-state index in [1.807, 2.05) is 12.1 Å². The number of halogens is 1. The van der Waals surface area contributed by atoms with Crippen LogP contribution in [-0.4, -0.2) is 31.3 Å². The molecule has 0 aliphatic heterocycles. The molecule has 1 N–H and O–H groups in total. The summed E-state index contributed by atoms with van der Waals surface area (Å²) in [5.41, 5.74) is 0.846. The lowest BCUT2D eigenvalue weighted by molar-refractivity contribution is 0.213. The van der Waals surface area contributed by atoms with E-state index in [0.29, 0.717) is 5.02 Å². The zero-order valence-corrected chi connectivity index (χ0v) is 9.32. The van der Waals surface area contributed by atoms with Crippen LogP contribution in [0.2, 0.25) is 5.02 Å². The van der Waals surface area contributed by atoms with Crippen molar-refractivity contribution in [2.45, 2.75) is 0 Å². The first-order valence-corrected chi connectivity index (χ1v) is 4.76. The first kappa shape index (κ1) is 11.5. The summed E-state index contributed by atoms with van der Waals surface area (Å²) in [4.78, 5) is 11.1. The van der Waals surface area contributed by atoms with Gasteiger partial charge in [0.05, 0.1) is 6.21 Å². The highest BCUT2D eigenvalue weighted by molar-refractivity contribution is 6.30. The summed E-state index contributed by atoms with van der Waals surface area (Å²) in [5.74, 6) is 0. The van der Waals surface area contributed by atoms with Crippen molar-refractivity contribution in [2.75, 3.05) is 14.1 Å². The number of carbonyl (C=O) groups excluding carboxylic acids is 1. The van der Waals surface area contributed by atoms with Gasteiger partial charge in [-0.1, -0.05) is 23.7 Å². The van der Waals surface area contributed by atoms with Gasteiger partial charge in [0.25, 0.3) is 0 Å². The standard InChI is InChI=1S/C10H12ClN3O/c1-12-10(15)14(2)13-7-8-4-3-5-9(11)6-8/h3-7H,1-2H3,(H,12,15)/b13-7+. The molecule has 2 amide bonds. The number of rotatable bonds is 2. The van der Waals surface area contributed by atoms with E-state index < -0.39 is 0 Å². The highest BCUT2D eigenvalue weighted by Crippen LogP contribution is 2.08. The number of benzene rings is 1. The van der Waals surface area contributed by atoms with Crippen LogP contribution in [0.4, 0.5) is 4.79 Å². The van der Waals surface area contributed by atoms with Gasteiger partial charge in [0.1, 0.15) is 0 Å². The topological polar surface area (TPSA) is 44.7 Å². The molecule has 0 fully saturated rings. The zero-order valence-electron chi connectivity index (χ0n) is 8.57. The van der Waals surface area contributed by atoms with E-state index in [-0.39, 0.29) is 6.03 Å². The van der Waals surface area contributed by atoms with Gasteiger partial charge in [-0.15, -0.1) is 0 Å². The largest absolute Gasteiger partial charge is 0.340 e. The van der Waals surface area contributed by atoms with Crippen LogP contribution in [0, 0.1) is 0 Å². The van der Waals surface area contributed by atoms with Crippen LogP contribution in [0.1, 0.15) is 5.56 Å². The summed E-state index contributed by atoms with van der Waals surface area (Å²) in [5, 5.41) is 8.25. The van der Waals surface area contributed by atoms with Gasteiger partial charge < -0.3 is 5.32 Å². The van der Waals surface area contributed by atoms with Crippen molar-refractivity contribution in [3.63, 3.8) is 0 Å². The third-order valence-electron chi connectivity index (χ3n) is 1.74. The van der Waals surface area contributed by atoms with Crippen LogP contribution in [0.5, 0.6) is 0 Å². The van der Waals surface area contributed by atoms with Gasteiger partial charge in [0.2, 0.25) is 0 Å². The molecule has 0 aliphatic rings. The summed E-state index contributed by atoms with van der Waals surface area (Å²) in [6.45, 7) is 0. The molecule has 5 heteroatoms. The molecular formula is C10H12ClN3O. The van der Waals surface area contributed by atoms with E-state index >= 15 is 0 Å². The summed E-state index contributed by atoms with van der Waals surface area (Å²) in [6.07, 6.45) is 1.57. The average Bonchev–Trinajstić information content (AvgIpc) is 2.25. The molecule has 15 heavy (non-hydrogen) atoms. The highest BCUT2D eigenvalue weighted by atomic mass is 35.5. The minimum atomic E-state index is -0.270. The van der Waals surface area contributed by atoms with Gasteiger partial charge in [-0.25, -0.2) is 9.80 Å². The van der Waals surface area contributed by atoms with E-state index in [4.69, 9.17) is 11.6 Å². The van der Waals surface area contributed by atoms with Crippen LogP contribution in [0.25, 0.3) is 0 Å². The lowest BCUT2D eigenvalue weighted by Gasteiger charge is -2.08. The molecule has 4 nitrogen and oxygen atoms in total. The highest BCUT2D eigenvalue weighted by Gasteiger charge is 2.01. The predicted octanol–water partition coefficient (Wildman–Crippen LogP) is 1.95. The Morgan fingerprint density at radius 3 is 2.93 bits per heavy atom. The van der Waals surface area contributed by atoms with Crippen molar-refractivity contribution in [1.82, 2.24) is 10.3 Å². The maximum Gasteiger partial charge on any atom is 0.337 e. The van der Waals surface area contributed by atoms with Crippen LogP contribution in [0.3, 0.4) is 0 Å². The van der Waals surface area contributed by atoms with Gasteiger partial charge in [-0.2, -0.15) is 5.10 Å². The Morgan fingerprint density at radius 2 is 2.33 bits per heavy atom. The van der Waals surface area contributed by atoms with E-state index in [0.717, 1.165) is 5.56 Å². The molecular weight excluding hydrogens is 214 g/mol. The molecule has 0 saturated carbocycles. The van der Waals surface area contributed by atoms with E-state index in [1.165, 1.54) is 5.01 Å². The van der Waals surface area contributed by atoms with Gasteiger partial charge in [-0.05, 0) is 17.7 Å². The SMILES string of the molecule is CNC(=O)N(C)/N=C/c1cccc(Cl)c1. The van der Waals surface area contributed by atoms with E-state index in [9.17, 15) is 4.79 Å². The Labute approximate surface area is 93.5 Å². The Morgan fingerprint density at radius 1 is 1.60 bits per heavy atom. The summed E-state index contributed by atoms with van der Waals surface area (Å²) in [7, 11) is 3.12. The van der Waals surface area contributed by atoms with Crippen molar-refractivity contribution in [3.8, 4) is 0 Å². The molecule has 80 valence electrons. The molecule has 1 rings (SSSR count). The number of nitrogens with zero attached hydrogens (tertiary/aromatic N) is 2. The molecule has 1 aromatic rings. The second kappa shape index (κ2) is 5.36. The third-order valence-corrected chi connectivity index (χ3v) is 1.97. The molecule has 0 aliphatic carbocycles. The molecule has 0 radical (unpaired) electrons. The van der Waals surface area contributed by atoms with Gasteiger partial charge in [-0.3, -0.25) is 0 Å². The first-order valence-electron chi connectivity index (χ1n) is 4.38. The van der Waals surface area contributed by atoms with Crippen molar-refractivity contribution < 1.29 is 4.79 Å². The molecule has 0 aromatic heterocycles. The lowest BCUT2D eigenvalue weighted by atomic mass is 10.2. The molecule has 0 saturated heterocycles. The minimum Gasteiger partial charge on any atom is -0.340 e. The maximum atomic E-state index is 11.1. The van der Waals surface area contributed by atoms with Crippen molar-refractivity contribution in [2.24, 2.45) is 5.10 Å². The Bertz CT molecular complexity index is 379. The Kier molecular flexibility index (Phi) is 4.12. The van der Waals surface area contributed by atoms with Crippen LogP contribution in [0.15, 0.2) is 29.4 Å². The quantitative estimate of drug-likeness (QED) is 0.607. The van der Waals surface area contributed by atoms with E-state index in [2.05, 4.69) is 10.4 Å². The van der Waals surface area contributed by atoms with Gasteiger partial charge >= 0.3 is 6.03 Å². The lowest BCUT2D eigenvalue weighted by Crippen LogP contribution is -2.30. The number of hydrogen-bond donors (Lipinski definition) is 1. The fourth-order valence-electron chi connectivity index (χ4n) is 0.954.